The number of amides is 1. The molecule has 5 heteroatoms. The zero-order valence-electron chi connectivity index (χ0n) is 12.5. The molecule has 21 heavy (non-hydrogen) atoms. The zero-order chi connectivity index (χ0) is 14.7. The smallest absolute Gasteiger partial charge is 0.231 e. The lowest BCUT2D eigenvalue weighted by Gasteiger charge is -2.24. The van der Waals surface area contributed by atoms with Crippen molar-refractivity contribution >= 4 is 5.91 Å². The first-order valence-corrected chi connectivity index (χ1v) is 7.59. The number of rotatable bonds is 5. The minimum atomic E-state index is 0.117. The van der Waals surface area contributed by atoms with E-state index in [9.17, 15) is 4.79 Å². The number of benzene rings is 1. The van der Waals surface area contributed by atoms with Crippen molar-refractivity contribution < 1.29 is 14.3 Å². The van der Waals surface area contributed by atoms with Crippen LogP contribution in [0.5, 0.6) is 11.5 Å². The van der Waals surface area contributed by atoms with Crippen LogP contribution in [-0.2, 0) is 11.3 Å². The fraction of sp³-hybridized carbons (Fsp3) is 0.562. The number of carbonyl (C=O) groups excluding carboxylic acids is 1. The third-order valence-electron chi connectivity index (χ3n) is 4.14. The van der Waals surface area contributed by atoms with Crippen molar-refractivity contribution in [2.45, 2.75) is 26.3 Å². The van der Waals surface area contributed by atoms with Gasteiger partial charge in [-0.3, -0.25) is 4.79 Å². The summed E-state index contributed by atoms with van der Waals surface area (Å²) in [5.74, 6) is 1.67. The van der Waals surface area contributed by atoms with Crippen molar-refractivity contribution in [3.05, 3.63) is 23.8 Å². The largest absolute Gasteiger partial charge is 0.454 e. The van der Waals surface area contributed by atoms with E-state index in [1.165, 1.54) is 12.8 Å². The van der Waals surface area contributed by atoms with Gasteiger partial charge in [0.15, 0.2) is 11.5 Å². The summed E-state index contributed by atoms with van der Waals surface area (Å²) in [4.78, 5) is 16.2. The highest BCUT2D eigenvalue weighted by Crippen LogP contribution is 2.32. The molecule has 2 heterocycles. The highest BCUT2D eigenvalue weighted by molar-refractivity contribution is 5.73. The molecule has 0 radical (unpaired) electrons. The molecule has 0 unspecified atom stereocenters. The topological polar surface area (TPSA) is 42.0 Å². The molecule has 0 aromatic heterocycles. The Labute approximate surface area is 125 Å². The molecular formula is C16H22N2O3. The molecule has 5 nitrogen and oxygen atoms in total. The summed E-state index contributed by atoms with van der Waals surface area (Å²) in [5, 5.41) is 0. The summed E-state index contributed by atoms with van der Waals surface area (Å²) in [5.41, 5.74) is 1.08. The lowest BCUT2D eigenvalue weighted by atomic mass is 10.2. The van der Waals surface area contributed by atoms with Gasteiger partial charge in [0.2, 0.25) is 12.7 Å². The summed E-state index contributed by atoms with van der Waals surface area (Å²) in [6.45, 7) is 6.61. The normalized spacial score (nSPS) is 17.2. The molecule has 0 aliphatic carbocycles. The van der Waals surface area contributed by atoms with Gasteiger partial charge in [-0.25, -0.2) is 0 Å². The summed E-state index contributed by atoms with van der Waals surface area (Å²) in [6, 6.07) is 5.88. The van der Waals surface area contributed by atoms with Crippen LogP contribution in [0.1, 0.15) is 25.3 Å². The van der Waals surface area contributed by atoms with Crippen LogP contribution in [-0.4, -0.2) is 48.7 Å². The Morgan fingerprint density at radius 1 is 1.24 bits per heavy atom. The molecule has 1 amide bonds. The van der Waals surface area contributed by atoms with Gasteiger partial charge in [-0.2, -0.15) is 0 Å². The molecule has 1 saturated heterocycles. The van der Waals surface area contributed by atoms with Crippen LogP contribution in [0.3, 0.4) is 0 Å². The van der Waals surface area contributed by atoms with Gasteiger partial charge in [0, 0.05) is 26.6 Å². The van der Waals surface area contributed by atoms with Crippen LogP contribution in [0.15, 0.2) is 18.2 Å². The predicted octanol–water partition coefficient (Wildman–Crippen LogP) is 1.86. The van der Waals surface area contributed by atoms with Crippen LogP contribution < -0.4 is 9.47 Å². The number of nitrogens with zero attached hydrogens (tertiary/aromatic N) is 2. The summed E-state index contributed by atoms with van der Waals surface area (Å²) >= 11 is 0. The highest BCUT2D eigenvalue weighted by atomic mass is 16.7. The van der Waals surface area contributed by atoms with Gasteiger partial charge < -0.3 is 19.3 Å². The molecule has 3 rings (SSSR count). The zero-order valence-corrected chi connectivity index (χ0v) is 12.5. The molecular weight excluding hydrogens is 268 g/mol. The first-order chi connectivity index (χ1) is 10.2. The Bertz CT molecular complexity index is 512. The van der Waals surface area contributed by atoms with E-state index in [1.807, 2.05) is 23.1 Å². The molecule has 1 fully saturated rings. The lowest BCUT2D eigenvalue weighted by molar-refractivity contribution is -0.129. The molecule has 0 atom stereocenters. The van der Waals surface area contributed by atoms with E-state index in [2.05, 4.69) is 4.90 Å². The Kier molecular flexibility index (Phi) is 4.29. The molecule has 0 bridgehead atoms. The highest BCUT2D eigenvalue weighted by Gasteiger charge is 2.17. The van der Waals surface area contributed by atoms with E-state index in [0.29, 0.717) is 6.54 Å². The number of ether oxygens (including phenoxy) is 2. The second-order valence-corrected chi connectivity index (χ2v) is 5.68. The van der Waals surface area contributed by atoms with Crippen molar-refractivity contribution in [2.24, 2.45) is 0 Å². The maximum absolute atomic E-state index is 11.8. The van der Waals surface area contributed by atoms with Gasteiger partial charge >= 0.3 is 0 Å². The van der Waals surface area contributed by atoms with Crippen molar-refractivity contribution in [1.29, 1.82) is 0 Å². The quantitative estimate of drug-likeness (QED) is 0.830. The maximum Gasteiger partial charge on any atom is 0.231 e. The average molecular weight is 290 g/mol. The van der Waals surface area contributed by atoms with E-state index in [-0.39, 0.29) is 12.7 Å². The van der Waals surface area contributed by atoms with Gasteiger partial charge in [0.25, 0.3) is 0 Å². The average Bonchev–Trinajstić information content (AvgIpc) is 3.13. The van der Waals surface area contributed by atoms with Gasteiger partial charge in [-0.15, -0.1) is 0 Å². The van der Waals surface area contributed by atoms with Crippen molar-refractivity contribution in [2.75, 3.05) is 33.0 Å². The third-order valence-corrected chi connectivity index (χ3v) is 4.14. The third kappa shape index (κ3) is 3.47. The monoisotopic (exact) mass is 290 g/mol. The Morgan fingerprint density at radius 3 is 2.76 bits per heavy atom. The van der Waals surface area contributed by atoms with Gasteiger partial charge in [-0.1, -0.05) is 6.07 Å². The second-order valence-electron chi connectivity index (χ2n) is 5.68. The molecule has 0 N–H and O–H groups in total. The van der Waals surface area contributed by atoms with Crippen LogP contribution in [0.25, 0.3) is 0 Å². The molecule has 114 valence electrons. The second kappa shape index (κ2) is 6.35. The molecule has 0 saturated carbocycles. The van der Waals surface area contributed by atoms with E-state index in [1.54, 1.807) is 6.92 Å². The molecule has 2 aliphatic rings. The van der Waals surface area contributed by atoms with Crippen LogP contribution in [0, 0.1) is 0 Å². The fourth-order valence-electron chi connectivity index (χ4n) is 2.88. The van der Waals surface area contributed by atoms with Crippen molar-refractivity contribution in [3.8, 4) is 11.5 Å². The minimum absolute atomic E-state index is 0.117. The number of likely N-dealkylation sites (tertiary alicyclic amines) is 1. The maximum atomic E-state index is 11.8. The lowest BCUT2D eigenvalue weighted by Crippen LogP contribution is -2.36. The van der Waals surface area contributed by atoms with E-state index >= 15 is 0 Å². The minimum Gasteiger partial charge on any atom is -0.454 e. The first kappa shape index (κ1) is 14.2. The van der Waals surface area contributed by atoms with Crippen LogP contribution in [0.4, 0.5) is 0 Å². The Balaban J connectivity index is 1.60. The first-order valence-electron chi connectivity index (χ1n) is 7.59. The summed E-state index contributed by atoms with van der Waals surface area (Å²) < 4.78 is 10.7. The van der Waals surface area contributed by atoms with Gasteiger partial charge in [0.1, 0.15) is 0 Å². The standard InChI is InChI=1S/C16H22N2O3/c1-13(19)18(9-8-17-6-2-3-7-17)11-14-4-5-15-16(10-14)21-12-20-15/h4-5,10H,2-3,6-9,11-12H2,1H3. The summed E-state index contributed by atoms with van der Waals surface area (Å²) in [7, 11) is 0. The number of carbonyl (C=O) groups is 1. The SMILES string of the molecule is CC(=O)N(CCN1CCCC1)Cc1ccc2c(c1)OCO2. The van der Waals surface area contributed by atoms with Crippen LogP contribution >= 0.6 is 0 Å². The van der Waals surface area contributed by atoms with E-state index in [4.69, 9.17) is 9.47 Å². The van der Waals surface area contributed by atoms with Gasteiger partial charge in [0.05, 0.1) is 0 Å². The summed E-state index contributed by atoms with van der Waals surface area (Å²) in [6.07, 6.45) is 2.56. The molecule has 0 spiro atoms. The van der Waals surface area contributed by atoms with Crippen LogP contribution in [0.2, 0.25) is 0 Å². The van der Waals surface area contributed by atoms with E-state index in [0.717, 1.165) is 43.2 Å². The Hall–Kier alpha value is -1.75. The molecule has 1 aromatic carbocycles. The number of fused-ring (bicyclic) bond motifs is 1. The van der Waals surface area contributed by atoms with Gasteiger partial charge in [-0.05, 0) is 43.6 Å². The number of hydrogen-bond donors (Lipinski definition) is 0. The van der Waals surface area contributed by atoms with Crippen molar-refractivity contribution in [1.82, 2.24) is 9.80 Å². The van der Waals surface area contributed by atoms with E-state index < -0.39 is 0 Å². The van der Waals surface area contributed by atoms with Crippen molar-refractivity contribution in [3.63, 3.8) is 0 Å². The number of hydrogen-bond acceptors (Lipinski definition) is 4. The molecule has 2 aliphatic heterocycles. The predicted molar refractivity (Wildman–Crippen MR) is 79.3 cm³/mol. The fourth-order valence-corrected chi connectivity index (χ4v) is 2.88. The Morgan fingerprint density at radius 2 is 2.00 bits per heavy atom. The molecule has 1 aromatic rings.